The molecule has 1 saturated heterocycles. The summed E-state index contributed by atoms with van der Waals surface area (Å²) in [5.74, 6) is -1.36. The second-order valence-corrected chi connectivity index (χ2v) is 7.79. The van der Waals surface area contributed by atoms with Crippen LogP contribution in [0, 0.1) is 11.6 Å². The first-order valence-corrected chi connectivity index (χ1v) is 9.82. The molecule has 1 aliphatic heterocycles. The molecule has 1 unspecified atom stereocenters. The first-order valence-electron chi connectivity index (χ1n) is 9.82. The molecule has 5 rings (SSSR count). The van der Waals surface area contributed by atoms with Crippen LogP contribution in [-0.4, -0.2) is 44.6 Å². The van der Waals surface area contributed by atoms with Crippen molar-refractivity contribution in [3.8, 4) is 0 Å². The van der Waals surface area contributed by atoms with E-state index >= 15 is 0 Å². The second kappa shape index (κ2) is 7.02. The number of halogens is 3. The molecule has 3 heterocycles. The molecular formula is C21H21F3N6. The summed E-state index contributed by atoms with van der Waals surface area (Å²) in [6.07, 6.45) is 0.994. The van der Waals surface area contributed by atoms with E-state index in [1.165, 1.54) is 0 Å². The number of imidazole rings is 1. The van der Waals surface area contributed by atoms with Gasteiger partial charge in [0.15, 0.2) is 11.6 Å². The van der Waals surface area contributed by atoms with Crippen LogP contribution in [0.4, 0.5) is 19.1 Å². The van der Waals surface area contributed by atoms with Gasteiger partial charge in [-0.25, -0.2) is 18.2 Å². The Morgan fingerprint density at radius 1 is 1.20 bits per heavy atom. The molecule has 4 aromatic rings. The quantitative estimate of drug-likeness (QED) is 0.560. The van der Waals surface area contributed by atoms with Crippen molar-refractivity contribution in [1.82, 2.24) is 19.3 Å². The van der Waals surface area contributed by atoms with Crippen molar-refractivity contribution in [3.05, 3.63) is 53.7 Å². The molecule has 2 aromatic heterocycles. The van der Waals surface area contributed by atoms with Crippen LogP contribution in [0.2, 0.25) is 0 Å². The molecule has 0 bridgehead atoms. The van der Waals surface area contributed by atoms with Crippen molar-refractivity contribution < 1.29 is 13.2 Å². The van der Waals surface area contributed by atoms with Crippen LogP contribution in [0.3, 0.4) is 0 Å². The van der Waals surface area contributed by atoms with Crippen molar-refractivity contribution in [2.75, 3.05) is 18.0 Å². The van der Waals surface area contributed by atoms with Crippen LogP contribution >= 0.6 is 0 Å². The van der Waals surface area contributed by atoms with Crippen LogP contribution < -0.4 is 10.6 Å². The van der Waals surface area contributed by atoms with E-state index in [-0.39, 0.29) is 13.0 Å². The Balaban J connectivity index is 1.67. The molecule has 2 atom stereocenters. The van der Waals surface area contributed by atoms with E-state index in [1.807, 2.05) is 34.7 Å². The standard InChI is InChI=1S/C21H21F3N6/c1-28-20-12(9-26-28)3-2-4-13(20)10-30-19-8-16(24)15(23)7-18(19)27-21(30)29-6-5-14(22)17(25)11-29/h2-4,7-9,14,17H,5-6,10-11,25H2,1H3/t14?,17-/m1/s1. The van der Waals surface area contributed by atoms with Gasteiger partial charge in [-0.2, -0.15) is 5.10 Å². The first kappa shape index (κ1) is 18.9. The molecule has 9 heteroatoms. The number of nitrogens with two attached hydrogens (primary N) is 1. The summed E-state index contributed by atoms with van der Waals surface area (Å²) in [7, 11) is 1.86. The number of fused-ring (bicyclic) bond motifs is 2. The van der Waals surface area contributed by atoms with Crippen LogP contribution in [0.15, 0.2) is 36.5 Å². The Hall–Kier alpha value is -3.07. The van der Waals surface area contributed by atoms with E-state index in [9.17, 15) is 13.2 Å². The van der Waals surface area contributed by atoms with Crippen molar-refractivity contribution in [2.24, 2.45) is 12.8 Å². The zero-order chi connectivity index (χ0) is 21.0. The lowest BCUT2D eigenvalue weighted by Gasteiger charge is -2.34. The fourth-order valence-corrected chi connectivity index (χ4v) is 4.25. The highest BCUT2D eigenvalue weighted by molar-refractivity contribution is 5.83. The fourth-order valence-electron chi connectivity index (χ4n) is 4.25. The predicted octanol–water partition coefficient (Wildman–Crippen LogP) is 3.13. The third-order valence-electron chi connectivity index (χ3n) is 5.80. The number of hydrogen-bond acceptors (Lipinski definition) is 4. The summed E-state index contributed by atoms with van der Waals surface area (Å²) in [6, 6.07) is 7.49. The summed E-state index contributed by atoms with van der Waals surface area (Å²) < 4.78 is 45.5. The average molecular weight is 414 g/mol. The number of aromatic nitrogens is 4. The molecule has 0 spiro atoms. The van der Waals surface area contributed by atoms with E-state index in [4.69, 9.17) is 5.73 Å². The zero-order valence-electron chi connectivity index (χ0n) is 16.4. The number of piperidine rings is 1. The minimum absolute atomic E-state index is 0.282. The van der Waals surface area contributed by atoms with E-state index in [1.54, 1.807) is 10.9 Å². The maximum Gasteiger partial charge on any atom is 0.206 e. The third-order valence-corrected chi connectivity index (χ3v) is 5.80. The number of alkyl halides is 1. The molecule has 2 N–H and O–H groups in total. The molecule has 2 aromatic carbocycles. The SMILES string of the molecule is Cn1ncc2cccc(Cn3c(N4CCC(F)[C@H](N)C4)nc4cc(F)c(F)cc43)c21. The van der Waals surface area contributed by atoms with Gasteiger partial charge in [-0.05, 0) is 12.0 Å². The number of anilines is 1. The van der Waals surface area contributed by atoms with Crippen molar-refractivity contribution in [2.45, 2.75) is 25.2 Å². The lowest BCUT2D eigenvalue weighted by atomic mass is 10.1. The lowest BCUT2D eigenvalue weighted by molar-refractivity contribution is 0.243. The summed E-state index contributed by atoms with van der Waals surface area (Å²) in [5, 5.41) is 5.30. The largest absolute Gasteiger partial charge is 0.340 e. The molecule has 1 fully saturated rings. The number of para-hydroxylation sites is 1. The topological polar surface area (TPSA) is 64.9 Å². The maximum absolute atomic E-state index is 14.1. The average Bonchev–Trinajstić information content (AvgIpc) is 3.26. The van der Waals surface area contributed by atoms with Gasteiger partial charge in [-0.1, -0.05) is 18.2 Å². The Morgan fingerprint density at radius 2 is 2.00 bits per heavy atom. The van der Waals surface area contributed by atoms with Gasteiger partial charge in [-0.15, -0.1) is 0 Å². The minimum atomic E-state index is -1.07. The van der Waals surface area contributed by atoms with Crippen molar-refractivity contribution >= 4 is 27.9 Å². The molecule has 30 heavy (non-hydrogen) atoms. The zero-order valence-corrected chi connectivity index (χ0v) is 16.4. The van der Waals surface area contributed by atoms with Gasteiger partial charge in [-0.3, -0.25) is 4.68 Å². The van der Waals surface area contributed by atoms with Crippen LogP contribution in [0.1, 0.15) is 12.0 Å². The second-order valence-electron chi connectivity index (χ2n) is 7.79. The van der Waals surface area contributed by atoms with Gasteiger partial charge in [0.05, 0.1) is 35.3 Å². The first-order chi connectivity index (χ1) is 14.4. The number of rotatable bonds is 3. The Kier molecular flexibility index (Phi) is 4.43. The summed E-state index contributed by atoms with van der Waals surface area (Å²) in [6.45, 7) is 1.09. The molecule has 6 nitrogen and oxygen atoms in total. The molecule has 156 valence electrons. The highest BCUT2D eigenvalue weighted by Gasteiger charge is 2.29. The molecule has 0 saturated carbocycles. The lowest BCUT2D eigenvalue weighted by Crippen LogP contribution is -2.50. The molecule has 0 radical (unpaired) electrons. The minimum Gasteiger partial charge on any atom is -0.340 e. The summed E-state index contributed by atoms with van der Waals surface area (Å²) in [5.41, 5.74) is 8.67. The van der Waals surface area contributed by atoms with E-state index < -0.39 is 23.8 Å². The highest BCUT2D eigenvalue weighted by atomic mass is 19.2. The summed E-state index contributed by atoms with van der Waals surface area (Å²) in [4.78, 5) is 6.45. The molecule has 0 aliphatic carbocycles. The molecule has 0 amide bonds. The Labute approximate surface area is 170 Å². The Bertz CT molecular complexity index is 1250. The van der Waals surface area contributed by atoms with Crippen molar-refractivity contribution in [3.63, 3.8) is 0 Å². The predicted molar refractivity (Wildman–Crippen MR) is 109 cm³/mol. The van der Waals surface area contributed by atoms with E-state index in [2.05, 4.69) is 10.1 Å². The third kappa shape index (κ3) is 3.00. The number of aryl methyl sites for hydroxylation is 1. The van der Waals surface area contributed by atoms with Crippen molar-refractivity contribution in [1.29, 1.82) is 0 Å². The number of benzene rings is 2. The van der Waals surface area contributed by atoms with E-state index in [0.29, 0.717) is 30.1 Å². The fraction of sp³-hybridized carbons (Fsp3) is 0.333. The monoisotopic (exact) mass is 414 g/mol. The van der Waals surface area contributed by atoms with E-state index in [0.717, 1.165) is 28.6 Å². The smallest absolute Gasteiger partial charge is 0.206 e. The highest BCUT2D eigenvalue weighted by Crippen LogP contribution is 2.29. The Morgan fingerprint density at radius 3 is 2.80 bits per heavy atom. The van der Waals surface area contributed by atoms with Gasteiger partial charge in [0.2, 0.25) is 5.95 Å². The van der Waals surface area contributed by atoms with Gasteiger partial charge in [0, 0.05) is 37.7 Å². The number of nitrogens with zero attached hydrogens (tertiary/aromatic N) is 5. The van der Waals surface area contributed by atoms with Gasteiger partial charge < -0.3 is 15.2 Å². The van der Waals surface area contributed by atoms with Crippen LogP contribution in [-0.2, 0) is 13.6 Å². The summed E-state index contributed by atoms with van der Waals surface area (Å²) >= 11 is 0. The van der Waals surface area contributed by atoms with Crippen LogP contribution in [0.25, 0.3) is 21.9 Å². The maximum atomic E-state index is 14.1. The normalized spacial score (nSPS) is 19.8. The molecule has 1 aliphatic rings. The van der Waals surface area contributed by atoms with Gasteiger partial charge in [0.1, 0.15) is 6.17 Å². The van der Waals surface area contributed by atoms with Crippen LogP contribution in [0.5, 0.6) is 0 Å². The number of hydrogen-bond donors (Lipinski definition) is 1. The van der Waals surface area contributed by atoms with Gasteiger partial charge in [0.25, 0.3) is 0 Å². The van der Waals surface area contributed by atoms with Gasteiger partial charge >= 0.3 is 0 Å². The molecular weight excluding hydrogens is 393 g/mol.